The van der Waals surface area contributed by atoms with E-state index < -0.39 is 22.8 Å². The Morgan fingerprint density at radius 2 is 2.13 bits per heavy atom. The largest absolute Gasteiger partial charge is 0.493 e. The average molecular weight is 534 g/mol. The van der Waals surface area contributed by atoms with Gasteiger partial charge in [0, 0.05) is 37.0 Å². The third kappa shape index (κ3) is 4.51. The molecule has 4 aromatic rings. The number of nitrogen functional groups attached to an aromatic ring is 1. The molecular formula is C26H24FN7O5. The lowest BCUT2D eigenvalue weighted by molar-refractivity contribution is 0.0695. The van der Waals surface area contributed by atoms with Crippen LogP contribution in [-0.2, 0) is 6.42 Å². The van der Waals surface area contributed by atoms with E-state index in [4.69, 9.17) is 15.2 Å². The lowest BCUT2D eigenvalue weighted by Gasteiger charge is -2.22. The van der Waals surface area contributed by atoms with Gasteiger partial charge in [-0.15, -0.1) is 0 Å². The minimum absolute atomic E-state index is 0.0150. The number of anilines is 4. The van der Waals surface area contributed by atoms with Gasteiger partial charge in [-0.05, 0) is 36.6 Å². The number of carboxylic acid groups (broad SMARTS) is 1. The fourth-order valence-electron chi connectivity index (χ4n) is 4.64. The highest BCUT2D eigenvalue weighted by molar-refractivity contribution is 5.92. The second-order valence-electron chi connectivity index (χ2n) is 9.36. The van der Waals surface area contributed by atoms with Gasteiger partial charge < -0.3 is 35.5 Å². The number of halogens is 1. The fraction of sp³-hybridized carbons (Fsp3) is 0.269. The zero-order valence-corrected chi connectivity index (χ0v) is 20.8. The lowest BCUT2D eigenvalue weighted by Crippen LogP contribution is -2.20. The second kappa shape index (κ2) is 9.42. The molecule has 0 bridgehead atoms. The van der Waals surface area contributed by atoms with Crippen molar-refractivity contribution in [2.75, 3.05) is 36.6 Å². The maximum atomic E-state index is 15.3. The van der Waals surface area contributed by atoms with Gasteiger partial charge in [0.1, 0.15) is 23.6 Å². The number of hydrogen-bond acceptors (Lipinski definition) is 10. The number of ether oxygens (including phenoxy) is 2. The molecule has 0 atom stereocenters. The highest BCUT2D eigenvalue weighted by Gasteiger charge is 2.28. The molecule has 1 aliphatic heterocycles. The van der Waals surface area contributed by atoms with Crippen LogP contribution in [0.1, 0.15) is 40.4 Å². The first kappa shape index (κ1) is 24.4. The molecule has 1 saturated carbocycles. The molecule has 13 heteroatoms. The smallest absolute Gasteiger partial charge is 0.341 e. The summed E-state index contributed by atoms with van der Waals surface area (Å²) in [4.78, 5) is 37.1. The summed E-state index contributed by atoms with van der Waals surface area (Å²) in [5.74, 6) is -0.990. The van der Waals surface area contributed by atoms with E-state index in [9.17, 15) is 14.7 Å². The minimum Gasteiger partial charge on any atom is -0.493 e. The number of fused-ring (bicyclic) bond motifs is 2. The Morgan fingerprint density at radius 3 is 2.87 bits per heavy atom. The Morgan fingerprint density at radius 1 is 1.31 bits per heavy atom. The molecule has 39 heavy (non-hydrogen) atoms. The molecule has 0 unspecified atom stereocenters. The van der Waals surface area contributed by atoms with Crippen LogP contribution < -0.4 is 31.3 Å². The SMILES string of the molecule is COc1cc(Cc2cnc(N)nc2Nc2nc3c(cc2F)c(=O)c(C(=O)O)cn3C2CC2)cc2c1OCCN2. The molecule has 12 nitrogen and oxygen atoms in total. The van der Waals surface area contributed by atoms with Crippen molar-refractivity contribution in [1.29, 1.82) is 0 Å². The number of nitrogens with zero attached hydrogens (tertiary/aromatic N) is 4. The zero-order chi connectivity index (χ0) is 27.3. The number of carbonyl (C=O) groups is 1. The summed E-state index contributed by atoms with van der Waals surface area (Å²) >= 11 is 0. The molecule has 2 aliphatic rings. The van der Waals surface area contributed by atoms with Crippen LogP contribution in [0.2, 0.25) is 0 Å². The van der Waals surface area contributed by atoms with E-state index in [1.807, 2.05) is 12.1 Å². The standard InChI is InChI=1S/C26H24FN7O5/c1-38-19-8-12(7-18-21(19)39-5-4-29-18)6-13-10-30-26(28)33-22(13)31-23-17(27)9-15-20(35)16(25(36)37)11-34(14-2-3-14)24(15)32-23/h7-11,14,29H,2-6H2,1H3,(H,36,37)(H3,28,30,31,32,33). The maximum absolute atomic E-state index is 15.3. The van der Waals surface area contributed by atoms with Crippen molar-refractivity contribution in [3.05, 3.63) is 63.3 Å². The molecule has 0 spiro atoms. The number of rotatable bonds is 7. The molecule has 0 amide bonds. The van der Waals surface area contributed by atoms with E-state index in [1.54, 1.807) is 17.9 Å². The lowest BCUT2D eigenvalue weighted by atomic mass is 10.0. The molecule has 0 radical (unpaired) electrons. The molecule has 200 valence electrons. The second-order valence-corrected chi connectivity index (χ2v) is 9.36. The maximum Gasteiger partial charge on any atom is 0.341 e. The summed E-state index contributed by atoms with van der Waals surface area (Å²) in [6.45, 7) is 1.18. The van der Waals surface area contributed by atoms with Crippen molar-refractivity contribution in [2.24, 2.45) is 0 Å². The van der Waals surface area contributed by atoms with Crippen molar-refractivity contribution in [2.45, 2.75) is 25.3 Å². The molecule has 1 fully saturated rings. The van der Waals surface area contributed by atoms with Crippen LogP contribution in [-0.4, -0.2) is 50.9 Å². The molecule has 3 aromatic heterocycles. The van der Waals surface area contributed by atoms with Crippen LogP contribution in [0.5, 0.6) is 11.5 Å². The normalized spacial score (nSPS) is 14.3. The summed E-state index contributed by atoms with van der Waals surface area (Å²) in [5.41, 5.74) is 7.07. The van der Waals surface area contributed by atoms with Crippen molar-refractivity contribution >= 4 is 40.3 Å². The summed E-state index contributed by atoms with van der Waals surface area (Å²) < 4.78 is 28.1. The molecule has 1 aromatic carbocycles. The van der Waals surface area contributed by atoms with Gasteiger partial charge in [0.05, 0.1) is 18.2 Å². The predicted octanol–water partition coefficient (Wildman–Crippen LogP) is 3.09. The molecule has 4 heterocycles. The van der Waals surface area contributed by atoms with Crippen LogP contribution in [0, 0.1) is 5.82 Å². The Labute approximate surface area is 220 Å². The average Bonchev–Trinajstić information content (AvgIpc) is 3.76. The number of aromatic nitrogens is 4. The summed E-state index contributed by atoms with van der Waals surface area (Å²) in [5, 5.41) is 15.6. The van der Waals surface area contributed by atoms with Gasteiger partial charge in [-0.1, -0.05) is 0 Å². The van der Waals surface area contributed by atoms with Crippen molar-refractivity contribution in [1.82, 2.24) is 19.5 Å². The van der Waals surface area contributed by atoms with Gasteiger partial charge >= 0.3 is 5.97 Å². The van der Waals surface area contributed by atoms with Gasteiger partial charge in [0.15, 0.2) is 23.1 Å². The Bertz CT molecular complexity index is 1690. The zero-order valence-electron chi connectivity index (χ0n) is 20.8. The molecular weight excluding hydrogens is 509 g/mol. The third-order valence-electron chi connectivity index (χ3n) is 6.64. The van der Waals surface area contributed by atoms with E-state index in [-0.39, 0.29) is 34.7 Å². The first-order chi connectivity index (χ1) is 18.8. The van der Waals surface area contributed by atoms with E-state index in [1.165, 1.54) is 6.20 Å². The van der Waals surface area contributed by atoms with E-state index in [0.717, 1.165) is 30.2 Å². The fourth-order valence-corrected chi connectivity index (χ4v) is 4.64. The minimum atomic E-state index is -1.37. The van der Waals surface area contributed by atoms with Crippen LogP contribution in [0.3, 0.4) is 0 Å². The van der Waals surface area contributed by atoms with Crippen LogP contribution in [0.25, 0.3) is 11.0 Å². The summed E-state index contributed by atoms with van der Waals surface area (Å²) in [6.07, 6.45) is 4.76. The van der Waals surface area contributed by atoms with Gasteiger partial charge in [0.25, 0.3) is 0 Å². The number of pyridine rings is 2. The monoisotopic (exact) mass is 533 g/mol. The number of nitrogens with two attached hydrogens (primary N) is 1. The van der Waals surface area contributed by atoms with E-state index in [2.05, 4.69) is 25.6 Å². The highest BCUT2D eigenvalue weighted by atomic mass is 19.1. The number of methoxy groups -OCH3 is 1. The number of nitrogens with one attached hydrogen (secondary N) is 2. The third-order valence-corrected chi connectivity index (χ3v) is 6.64. The summed E-state index contributed by atoms with van der Waals surface area (Å²) in [6, 6.07) is 4.76. The van der Waals surface area contributed by atoms with E-state index in [0.29, 0.717) is 36.6 Å². The van der Waals surface area contributed by atoms with Crippen molar-refractivity contribution in [3.63, 3.8) is 0 Å². The van der Waals surface area contributed by atoms with Crippen LogP contribution in [0.15, 0.2) is 35.4 Å². The quantitative estimate of drug-likeness (QED) is 0.276. The molecule has 1 aliphatic carbocycles. The first-order valence-corrected chi connectivity index (χ1v) is 12.3. The van der Waals surface area contributed by atoms with Gasteiger partial charge in [-0.25, -0.2) is 19.2 Å². The Balaban J connectivity index is 1.40. The summed E-state index contributed by atoms with van der Waals surface area (Å²) in [7, 11) is 1.56. The Kier molecular flexibility index (Phi) is 5.89. The number of aromatic carboxylic acids is 1. The van der Waals surface area contributed by atoms with Gasteiger partial charge in [-0.2, -0.15) is 4.98 Å². The van der Waals surface area contributed by atoms with Crippen molar-refractivity contribution in [3.8, 4) is 11.5 Å². The van der Waals surface area contributed by atoms with Gasteiger partial charge in [0.2, 0.25) is 11.4 Å². The molecule has 0 saturated heterocycles. The number of carboxylic acids is 1. The topological polar surface area (TPSA) is 167 Å². The number of hydrogen-bond donors (Lipinski definition) is 4. The predicted molar refractivity (Wildman–Crippen MR) is 141 cm³/mol. The highest BCUT2D eigenvalue weighted by Crippen LogP contribution is 2.40. The molecule has 5 N–H and O–H groups in total. The number of benzene rings is 1. The van der Waals surface area contributed by atoms with Crippen LogP contribution in [0.4, 0.5) is 27.7 Å². The van der Waals surface area contributed by atoms with E-state index >= 15 is 4.39 Å². The van der Waals surface area contributed by atoms with Crippen molar-refractivity contribution < 1.29 is 23.8 Å². The first-order valence-electron chi connectivity index (χ1n) is 12.3. The van der Waals surface area contributed by atoms with Gasteiger partial charge in [-0.3, -0.25) is 4.79 Å². The molecule has 6 rings (SSSR count). The Hall–Kier alpha value is -4.94. The van der Waals surface area contributed by atoms with Crippen LogP contribution >= 0.6 is 0 Å².